The minimum absolute atomic E-state index is 0.638. The van der Waals surface area contributed by atoms with Crippen LogP contribution >= 0.6 is 23.2 Å². The van der Waals surface area contributed by atoms with Crippen LogP contribution in [0.4, 0.5) is 0 Å². The predicted molar refractivity (Wildman–Crippen MR) is 58.6 cm³/mol. The summed E-state index contributed by atoms with van der Waals surface area (Å²) in [6.45, 7) is 5.35. The van der Waals surface area contributed by atoms with Crippen molar-refractivity contribution < 1.29 is 4.74 Å². The second-order valence-electron chi connectivity index (χ2n) is 2.91. The molecule has 78 valence electrons. The fourth-order valence-electron chi connectivity index (χ4n) is 0.997. The Labute approximate surface area is 90.4 Å². The maximum Gasteiger partial charge on any atom is 0.0589 e. The van der Waals surface area contributed by atoms with E-state index in [1.54, 1.807) is 12.6 Å². The maximum atomic E-state index is 5.67. The molecule has 0 aromatic carbocycles. The van der Waals surface area contributed by atoms with Crippen molar-refractivity contribution in [2.45, 2.75) is 6.92 Å². The molecular weight excluding hydrogens is 209 g/mol. The number of hydrogen-bond donors (Lipinski definition) is 0. The third kappa shape index (κ3) is 7.32. The number of alkyl halides is 1. The third-order valence-corrected chi connectivity index (χ3v) is 2.21. The average molecular weight is 226 g/mol. The van der Waals surface area contributed by atoms with Crippen LogP contribution in [-0.2, 0) is 4.74 Å². The summed E-state index contributed by atoms with van der Waals surface area (Å²) in [5.74, 6) is 0.638. The first-order valence-corrected chi connectivity index (χ1v) is 5.24. The standard InChI is InChI=1S/C9H17Cl2NO/c1-9(7-11)8-12(4-3-10)5-6-13-2/h7H,3-6,8H2,1-2H3. The Morgan fingerprint density at radius 1 is 1.46 bits per heavy atom. The highest BCUT2D eigenvalue weighted by molar-refractivity contribution is 6.25. The van der Waals surface area contributed by atoms with Crippen LogP contribution in [0.25, 0.3) is 0 Å². The topological polar surface area (TPSA) is 12.5 Å². The van der Waals surface area contributed by atoms with Crippen molar-refractivity contribution in [3.63, 3.8) is 0 Å². The average Bonchev–Trinajstić information content (AvgIpc) is 2.14. The van der Waals surface area contributed by atoms with Crippen molar-refractivity contribution in [2.24, 2.45) is 0 Å². The second kappa shape index (κ2) is 8.82. The number of hydrogen-bond acceptors (Lipinski definition) is 2. The van der Waals surface area contributed by atoms with E-state index in [0.29, 0.717) is 5.88 Å². The quantitative estimate of drug-likeness (QED) is 0.617. The summed E-state index contributed by atoms with van der Waals surface area (Å²) in [6.07, 6.45) is 0. The molecule has 0 fully saturated rings. The summed E-state index contributed by atoms with van der Waals surface area (Å²) in [5, 5.41) is 0. The van der Waals surface area contributed by atoms with Gasteiger partial charge in [0.15, 0.2) is 0 Å². The summed E-state index contributed by atoms with van der Waals surface area (Å²) in [7, 11) is 1.70. The molecule has 0 heterocycles. The maximum absolute atomic E-state index is 5.67. The molecule has 0 N–H and O–H groups in total. The van der Waals surface area contributed by atoms with E-state index in [2.05, 4.69) is 4.90 Å². The van der Waals surface area contributed by atoms with Gasteiger partial charge in [0.25, 0.3) is 0 Å². The molecule has 0 saturated heterocycles. The van der Waals surface area contributed by atoms with Crippen molar-refractivity contribution in [1.82, 2.24) is 4.90 Å². The molecule has 0 amide bonds. The Kier molecular flexibility index (Phi) is 8.98. The van der Waals surface area contributed by atoms with E-state index in [1.165, 1.54) is 0 Å². The summed E-state index contributed by atoms with van der Waals surface area (Å²) < 4.78 is 5.00. The van der Waals surface area contributed by atoms with Gasteiger partial charge in [0.2, 0.25) is 0 Å². The lowest BCUT2D eigenvalue weighted by Gasteiger charge is -2.20. The summed E-state index contributed by atoms with van der Waals surface area (Å²) in [4.78, 5) is 2.21. The van der Waals surface area contributed by atoms with Crippen LogP contribution in [-0.4, -0.2) is 44.1 Å². The molecule has 0 rings (SSSR count). The van der Waals surface area contributed by atoms with Crippen LogP contribution < -0.4 is 0 Å². The minimum atomic E-state index is 0.638. The summed E-state index contributed by atoms with van der Waals surface area (Å²) >= 11 is 11.2. The van der Waals surface area contributed by atoms with Gasteiger partial charge in [-0.15, -0.1) is 11.6 Å². The number of rotatable bonds is 7. The molecule has 0 radical (unpaired) electrons. The van der Waals surface area contributed by atoms with E-state index in [4.69, 9.17) is 27.9 Å². The van der Waals surface area contributed by atoms with E-state index in [1.807, 2.05) is 6.92 Å². The van der Waals surface area contributed by atoms with Crippen molar-refractivity contribution >= 4 is 23.2 Å². The zero-order valence-corrected chi connectivity index (χ0v) is 9.74. The fourth-order valence-corrected chi connectivity index (χ4v) is 1.31. The highest BCUT2D eigenvalue weighted by Crippen LogP contribution is 2.00. The number of nitrogens with zero attached hydrogens (tertiary/aromatic N) is 1. The van der Waals surface area contributed by atoms with Crippen molar-refractivity contribution in [3.8, 4) is 0 Å². The van der Waals surface area contributed by atoms with Crippen LogP contribution in [0.2, 0.25) is 0 Å². The number of ether oxygens (including phenoxy) is 1. The molecule has 0 unspecified atom stereocenters. The monoisotopic (exact) mass is 225 g/mol. The van der Waals surface area contributed by atoms with Crippen LogP contribution in [0.1, 0.15) is 6.92 Å². The van der Waals surface area contributed by atoms with Crippen LogP contribution in [0, 0.1) is 0 Å². The zero-order valence-electron chi connectivity index (χ0n) is 8.22. The molecule has 0 bridgehead atoms. The van der Waals surface area contributed by atoms with Gasteiger partial charge >= 0.3 is 0 Å². The van der Waals surface area contributed by atoms with Gasteiger partial charge in [-0.3, -0.25) is 4.90 Å². The summed E-state index contributed by atoms with van der Waals surface area (Å²) in [6, 6.07) is 0. The Morgan fingerprint density at radius 3 is 2.62 bits per heavy atom. The SMILES string of the molecule is COCCN(CCCl)CC(C)=CCl. The first-order chi connectivity index (χ1) is 6.24. The normalized spacial score (nSPS) is 12.5. The molecule has 2 nitrogen and oxygen atoms in total. The summed E-state index contributed by atoms with van der Waals surface area (Å²) in [5.41, 5.74) is 2.75. The molecule has 0 aromatic heterocycles. The van der Waals surface area contributed by atoms with Crippen LogP contribution in [0.15, 0.2) is 11.1 Å². The highest BCUT2D eigenvalue weighted by atomic mass is 35.5. The fraction of sp³-hybridized carbons (Fsp3) is 0.778. The Hall–Kier alpha value is 0.240. The van der Waals surface area contributed by atoms with Crippen molar-refractivity contribution in [2.75, 3.05) is 39.2 Å². The lowest BCUT2D eigenvalue weighted by atomic mass is 10.3. The lowest BCUT2D eigenvalue weighted by Crippen LogP contribution is -2.30. The van der Waals surface area contributed by atoms with Crippen molar-refractivity contribution in [1.29, 1.82) is 0 Å². The van der Waals surface area contributed by atoms with E-state index in [-0.39, 0.29) is 0 Å². The van der Waals surface area contributed by atoms with Gasteiger partial charge in [-0.05, 0) is 12.5 Å². The minimum Gasteiger partial charge on any atom is -0.383 e. The molecule has 0 saturated carbocycles. The molecule has 0 aliphatic carbocycles. The van der Waals surface area contributed by atoms with Gasteiger partial charge < -0.3 is 4.74 Å². The number of halogens is 2. The van der Waals surface area contributed by atoms with E-state index in [0.717, 1.165) is 31.8 Å². The molecule has 0 aromatic rings. The second-order valence-corrected chi connectivity index (χ2v) is 3.51. The van der Waals surface area contributed by atoms with Gasteiger partial charge in [0.05, 0.1) is 6.61 Å². The Bertz CT molecular complexity index is 151. The van der Waals surface area contributed by atoms with Gasteiger partial charge in [-0.25, -0.2) is 0 Å². The van der Waals surface area contributed by atoms with Gasteiger partial charge in [0, 0.05) is 38.2 Å². The van der Waals surface area contributed by atoms with Gasteiger partial charge in [-0.1, -0.05) is 11.6 Å². The molecule has 0 aliphatic rings. The van der Waals surface area contributed by atoms with Crippen LogP contribution in [0.5, 0.6) is 0 Å². The van der Waals surface area contributed by atoms with Crippen LogP contribution in [0.3, 0.4) is 0 Å². The molecule has 4 heteroatoms. The van der Waals surface area contributed by atoms with E-state index >= 15 is 0 Å². The Morgan fingerprint density at radius 2 is 2.15 bits per heavy atom. The van der Waals surface area contributed by atoms with Gasteiger partial charge in [-0.2, -0.15) is 0 Å². The highest BCUT2D eigenvalue weighted by Gasteiger charge is 2.03. The molecule has 0 aliphatic heterocycles. The lowest BCUT2D eigenvalue weighted by molar-refractivity contribution is 0.156. The van der Waals surface area contributed by atoms with Crippen molar-refractivity contribution in [3.05, 3.63) is 11.1 Å². The first kappa shape index (κ1) is 13.2. The van der Waals surface area contributed by atoms with Gasteiger partial charge in [0.1, 0.15) is 0 Å². The molecule has 0 atom stereocenters. The predicted octanol–water partition coefficient (Wildman–Crippen LogP) is 2.32. The molecular formula is C9H17Cl2NO. The largest absolute Gasteiger partial charge is 0.383 e. The molecule has 0 spiro atoms. The van der Waals surface area contributed by atoms with E-state index < -0.39 is 0 Å². The number of methoxy groups -OCH3 is 1. The molecule has 13 heavy (non-hydrogen) atoms. The Balaban J connectivity index is 3.79. The first-order valence-electron chi connectivity index (χ1n) is 4.27. The third-order valence-electron chi connectivity index (χ3n) is 1.67. The zero-order chi connectivity index (χ0) is 10.1. The smallest absolute Gasteiger partial charge is 0.0589 e. The van der Waals surface area contributed by atoms with E-state index in [9.17, 15) is 0 Å².